The van der Waals surface area contributed by atoms with Gasteiger partial charge in [-0.25, -0.2) is 0 Å². The number of hydrogen-bond donors (Lipinski definition) is 0. The summed E-state index contributed by atoms with van der Waals surface area (Å²) >= 11 is 2.42. The molecule has 0 nitrogen and oxygen atoms in total. The largest absolute Gasteiger partial charge is 1.00 e. The Morgan fingerprint density at radius 2 is 0.938 bits per heavy atom. The van der Waals surface area contributed by atoms with Crippen LogP contribution in [0.4, 0.5) is 0 Å². The van der Waals surface area contributed by atoms with Crippen molar-refractivity contribution >= 4 is 0 Å². The van der Waals surface area contributed by atoms with Crippen LogP contribution in [0, 0.1) is 5.41 Å². The molecule has 0 aromatic heterocycles. The van der Waals surface area contributed by atoms with Crippen LogP contribution in [0.25, 0.3) is 0 Å². The topological polar surface area (TPSA) is 0 Å². The molecule has 164 valence electrons. The predicted octanol–water partition coefficient (Wildman–Crippen LogP) is -1.72. The van der Waals surface area contributed by atoms with Gasteiger partial charge in [0.2, 0.25) is 0 Å². The van der Waals surface area contributed by atoms with Crippen LogP contribution >= 0.6 is 0 Å². The maximum Gasteiger partial charge on any atom is -1.00 e. The van der Waals surface area contributed by atoms with Gasteiger partial charge in [0.25, 0.3) is 0 Å². The zero-order valence-corrected chi connectivity index (χ0v) is 22.4. The van der Waals surface area contributed by atoms with Gasteiger partial charge >= 0.3 is 187 Å². The van der Waals surface area contributed by atoms with Gasteiger partial charge < -0.3 is 37.2 Å². The van der Waals surface area contributed by atoms with E-state index in [1.165, 1.54) is 22.3 Å². The molecule has 0 saturated heterocycles. The van der Waals surface area contributed by atoms with Crippen molar-refractivity contribution in [2.45, 2.75) is 29.9 Å². The molecule has 3 aromatic rings. The van der Waals surface area contributed by atoms with E-state index in [2.05, 4.69) is 150 Å². The Morgan fingerprint density at radius 1 is 0.594 bits per heavy atom. The zero-order chi connectivity index (χ0) is 20.5. The molecule has 1 atom stereocenters. The van der Waals surface area contributed by atoms with Crippen molar-refractivity contribution in [1.82, 2.24) is 0 Å². The van der Waals surface area contributed by atoms with E-state index >= 15 is 0 Å². The smallest absolute Gasteiger partial charge is 1.00 e. The average Bonchev–Trinajstić information content (AvgIpc) is 3.14. The van der Waals surface area contributed by atoms with Crippen molar-refractivity contribution in [3.63, 3.8) is 0 Å². The van der Waals surface area contributed by atoms with Crippen molar-refractivity contribution in [3.8, 4) is 0 Å². The molecule has 0 aliphatic heterocycles. The fraction of sp³-hybridized carbons (Fsp3) is 0.214. The summed E-state index contributed by atoms with van der Waals surface area (Å²) < 4.78 is -0.199. The molecule has 1 unspecified atom stereocenters. The first kappa shape index (κ1) is 28.8. The molecule has 4 rings (SSSR count). The standard InChI is InChI=1S/C28H27.3ClH.Ti/c1-27(2,3)25-20-13-21-26(25)28(22-14-7-4-8-15-22,23-16-9-5-10-17-23)24-18-11-6-12-19-24;;;;/h4-21H,1-3H3;3*1H;/q;;;;+3/p-3. The molecule has 0 heterocycles. The Kier molecular flexibility index (Phi) is 10.1. The number of rotatable bonds is 4. The van der Waals surface area contributed by atoms with Gasteiger partial charge in [0.15, 0.2) is 0 Å². The van der Waals surface area contributed by atoms with Gasteiger partial charge in [0, 0.05) is 0 Å². The minimum Gasteiger partial charge on any atom is -1.00 e. The van der Waals surface area contributed by atoms with E-state index in [1.54, 1.807) is 0 Å². The molecule has 1 aliphatic rings. The molecule has 0 spiro atoms. The summed E-state index contributed by atoms with van der Waals surface area (Å²) in [5.41, 5.74) is 5.15. The monoisotopic (exact) mass is 516 g/mol. The van der Waals surface area contributed by atoms with E-state index in [0.29, 0.717) is 0 Å². The van der Waals surface area contributed by atoms with Crippen LogP contribution in [0.2, 0.25) is 3.72 Å². The third kappa shape index (κ3) is 4.67. The normalized spacial score (nSPS) is 17.5. The number of benzene rings is 3. The van der Waals surface area contributed by atoms with Crippen LogP contribution < -0.4 is 37.2 Å². The van der Waals surface area contributed by atoms with Crippen LogP contribution in [0.3, 0.4) is 0 Å². The average molecular weight is 518 g/mol. The van der Waals surface area contributed by atoms with E-state index < -0.39 is 0 Å². The molecule has 1 aliphatic carbocycles. The summed E-state index contributed by atoms with van der Waals surface area (Å²) in [6, 6.07) is 33.1. The van der Waals surface area contributed by atoms with Crippen molar-refractivity contribution in [3.05, 3.63) is 131 Å². The summed E-state index contributed by atoms with van der Waals surface area (Å²) in [7, 11) is 0. The van der Waals surface area contributed by atoms with Gasteiger partial charge in [0.1, 0.15) is 0 Å². The second-order valence-corrected chi connectivity index (χ2v) is 10.1. The van der Waals surface area contributed by atoms with Gasteiger partial charge in [-0.05, 0) is 0 Å². The summed E-state index contributed by atoms with van der Waals surface area (Å²) in [5, 5.41) is 0. The van der Waals surface area contributed by atoms with Gasteiger partial charge in [-0.3, -0.25) is 0 Å². The first-order valence-corrected chi connectivity index (χ1v) is 11.0. The molecule has 0 amide bonds. The van der Waals surface area contributed by atoms with E-state index in [-0.39, 0.29) is 51.8 Å². The molecular formula is C28H27Cl3Ti. The molecular weight excluding hydrogens is 491 g/mol. The van der Waals surface area contributed by atoms with Crippen molar-refractivity contribution in [2.75, 3.05) is 0 Å². The molecule has 3 aromatic carbocycles. The number of allylic oxidation sites excluding steroid dienone is 4. The van der Waals surface area contributed by atoms with Crippen molar-refractivity contribution in [2.24, 2.45) is 5.41 Å². The Labute approximate surface area is 223 Å². The fourth-order valence-electron chi connectivity index (χ4n) is 4.93. The van der Waals surface area contributed by atoms with Crippen LogP contribution in [0.1, 0.15) is 37.5 Å². The van der Waals surface area contributed by atoms with E-state index in [9.17, 15) is 0 Å². The van der Waals surface area contributed by atoms with Crippen LogP contribution in [-0.2, 0) is 25.9 Å². The predicted molar refractivity (Wildman–Crippen MR) is 119 cm³/mol. The maximum absolute atomic E-state index is 2.42. The third-order valence-electron chi connectivity index (χ3n) is 6.05. The molecule has 4 heteroatoms. The SMILES string of the molecule is CC(C)(C)C1=CC=C[C]1([Ti+3])C(c1ccccc1)(c1ccccc1)c1ccccc1.[Cl-].[Cl-].[Cl-]. The molecule has 0 bridgehead atoms. The van der Waals surface area contributed by atoms with E-state index in [1.807, 2.05) is 0 Å². The summed E-state index contributed by atoms with van der Waals surface area (Å²) in [6.07, 6.45) is 7.01. The Bertz CT molecular complexity index is 942. The molecule has 0 saturated carbocycles. The summed E-state index contributed by atoms with van der Waals surface area (Å²) in [4.78, 5) is 0. The van der Waals surface area contributed by atoms with E-state index in [4.69, 9.17) is 0 Å². The minimum atomic E-state index is -0.330. The zero-order valence-electron chi connectivity index (χ0n) is 18.5. The van der Waals surface area contributed by atoms with Crippen LogP contribution in [0.15, 0.2) is 115 Å². The molecule has 0 N–H and O–H groups in total. The first-order valence-electron chi connectivity index (χ1n) is 10.2. The van der Waals surface area contributed by atoms with E-state index in [0.717, 1.165) is 0 Å². The van der Waals surface area contributed by atoms with Gasteiger partial charge in [-0.2, -0.15) is 0 Å². The second-order valence-electron chi connectivity index (χ2n) is 8.85. The van der Waals surface area contributed by atoms with Crippen molar-refractivity contribution in [1.29, 1.82) is 0 Å². The van der Waals surface area contributed by atoms with Crippen LogP contribution in [-0.4, -0.2) is 0 Å². The Morgan fingerprint density at radius 3 is 1.25 bits per heavy atom. The fourth-order valence-corrected chi connectivity index (χ4v) is 6.47. The van der Waals surface area contributed by atoms with Gasteiger partial charge in [-0.15, -0.1) is 0 Å². The number of hydrogen-bond acceptors (Lipinski definition) is 0. The first-order chi connectivity index (χ1) is 13.9. The Hall–Kier alpha value is -1.28. The molecule has 32 heavy (non-hydrogen) atoms. The van der Waals surface area contributed by atoms with Crippen molar-refractivity contribution < 1.29 is 57.7 Å². The van der Waals surface area contributed by atoms with Gasteiger partial charge in [0.05, 0.1) is 0 Å². The summed E-state index contributed by atoms with van der Waals surface area (Å²) in [5.74, 6) is 0. The van der Waals surface area contributed by atoms with Gasteiger partial charge in [-0.1, -0.05) is 0 Å². The molecule has 0 radical (unpaired) electrons. The van der Waals surface area contributed by atoms with Crippen LogP contribution in [0.5, 0.6) is 0 Å². The summed E-state index contributed by atoms with van der Waals surface area (Å²) in [6.45, 7) is 6.99. The quantitative estimate of drug-likeness (QED) is 0.286. The second kappa shape index (κ2) is 11.2. The molecule has 0 fully saturated rings. The third-order valence-corrected chi connectivity index (χ3v) is 7.32. The Balaban J connectivity index is 0.00000171. The minimum absolute atomic E-state index is 0. The number of halogens is 3. The maximum atomic E-state index is 2.42.